The second-order valence-corrected chi connectivity index (χ2v) is 3.36. The molecule has 3 heteroatoms. The molecule has 1 aromatic carbocycles. The van der Waals surface area contributed by atoms with Crippen LogP contribution in [-0.2, 0) is 13.0 Å². The second-order valence-electron chi connectivity index (χ2n) is 3.36. The van der Waals surface area contributed by atoms with Crippen molar-refractivity contribution in [1.29, 1.82) is 0 Å². The highest BCUT2D eigenvalue weighted by atomic mass is 16.5. The molecule has 0 saturated carbocycles. The maximum atomic E-state index is 11.5. The van der Waals surface area contributed by atoms with Crippen molar-refractivity contribution in [3.63, 3.8) is 0 Å². The number of aliphatic hydroxyl groups excluding tert-OH is 1. The van der Waals surface area contributed by atoms with E-state index in [9.17, 15) is 9.90 Å². The first-order valence-electron chi connectivity index (χ1n) is 4.60. The number of ether oxygens (including phenoxy) is 1. The summed E-state index contributed by atoms with van der Waals surface area (Å²) in [5.74, 6) is 0.712. The molecule has 1 aromatic rings. The number of fused-ring (bicyclic) bond motifs is 1. The van der Waals surface area contributed by atoms with Crippen molar-refractivity contribution >= 4 is 5.78 Å². The molecule has 1 N–H and O–H groups in total. The molecule has 14 heavy (non-hydrogen) atoms. The highest BCUT2D eigenvalue weighted by Gasteiger charge is 2.24. The van der Waals surface area contributed by atoms with E-state index in [1.807, 2.05) is 12.1 Å². The van der Waals surface area contributed by atoms with Crippen LogP contribution >= 0.6 is 0 Å². The summed E-state index contributed by atoms with van der Waals surface area (Å²) in [6.45, 7) is -0.141. The Bertz CT molecular complexity index is 382. The van der Waals surface area contributed by atoms with Crippen LogP contribution in [0, 0.1) is 0 Å². The first-order valence-corrected chi connectivity index (χ1v) is 4.60. The zero-order valence-electron chi connectivity index (χ0n) is 8.04. The van der Waals surface area contributed by atoms with Gasteiger partial charge in [-0.3, -0.25) is 4.79 Å². The molecule has 0 radical (unpaired) electrons. The van der Waals surface area contributed by atoms with Gasteiger partial charge in [-0.15, -0.1) is 0 Å². The van der Waals surface area contributed by atoms with E-state index in [2.05, 4.69) is 0 Å². The molecule has 0 unspecified atom stereocenters. The predicted molar refractivity (Wildman–Crippen MR) is 51.6 cm³/mol. The van der Waals surface area contributed by atoms with Crippen LogP contribution in [0.25, 0.3) is 0 Å². The summed E-state index contributed by atoms with van der Waals surface area (Å²) in [7, 11) is 1.54. The normalized spacial score (nSPS) is 14.3. The number of benzene rings is 1. The number of hydrogen-bond donors (Lipinski definition) is 1. The van der Waals surface area contributed by atoms with Gasteiger partial charge in [0.05, 0.1) is 13.7 Å². The summed E-state index contributed by atoms with van der Waals surface area (Å²) >= 11 is 0. The first-order chi connectivity index (χ1) is 6.77. The monoisotopic (exact) mass is 192 g/mol. The van der Waals surface area contributed by atoms with Gasteiger partial charge in [0.1, 0.15) is 5.75 Å². The summed E-state index contributed by atoms with van der Waals surface area (Å²) in [6.07, 6.45) is 1.33. The average Bonchev–Trinajstić information content (AvgIpc) is 2.59. The molecule has 0 heterocycles. The topological polar surface area (TPSA) is 46.5 Å². The lowest BCUT2D eigenvalue weighted by Crippen LogP contribution is -2.02. The highest BCUT2D eigenvalue weighted by Crippen LogP contribution is 2.31. The predicted octanol–water partition coefficient (Wildman–Crippen LogP) is 1.32. The maximum Gasteiger partial charge on any atom is 0.163 e. The third kappa shape index (κ3) is 1.21. The van der Waals surface area contributed by atoms with E-state index in [0.717, 1.165) is 12.0 Å². The summed E-state index contributed by atoms with van der Waals surface area (Å²) in [4.78, 5) is 11.5. The molecular formula is C11H12O3. The lowest BCUT2D eigenvalue weighted by atomic mass is 10.0. The largest absolute Gasteiger partial charge is 0.496 e. The number of methoxy groups -OCH3 is 1. The van der Waals surface area contributed by atoms with Gasteiger partial charge in [0, 0.05) is 17.5 Å². The number of hydrogen-bond acceptors (Lipinski definition) is 3. The number of aryl methyl sites for hydroxylation is 1. The second kappa shape index (κ2) is 3.42. The van der Waals surface area contributed by atoms with Gasteiger partial charge < -0.3 is 9.84 Å². The Hall–Kier alpha value is -1.35. The molecule has 2 rings (SSSR count). The highest BCUT2D eigenvalue weighted by molar-refractivity contribution is 6.02. The van der Waals surface area contributed by atoms with Gasteiger partial charge in [-0.1, -0.05) is 6.07 Å². The Morgan fingerprint density at radius 1 is 1.43 bits per heavy atom. The molecule has 1 aliphatic rings. The van der Waals surface area contributed by atoms with E-state index < -0.39 is 0 Å². The Balaban J connectivity index is 2.63. The maximum absolute atomic E-state index is 11.5. The van der Waals surface area contributed by atoms with Crippen molar-refractivity contribution in [2.24, 2.45) is 0 Å². The Labute approximate surface area is 82.3 Å². The van der Waals surface area contributed by atoms with E-state index in [1.54, 1.807) is 7.11 Å². The number of aliphatic hydroxyl groups is 1. The molecule has 0 saturated heterocycles. The fourth-order valence-corrected chi connectivity index (χ4v) is 1.95. The lowest BCUT2D eigenvalue weighted by molar-refractivity contribution is 0.0991. The minimum absolute atomic E-state index is 0.114. The average molecular weight is 192 g/mol. The van der Waals surface area contributed by atoms with Gasteiger partial charge in [-0.05, 0) is 18.1 Å². The van der Waals surface area contributed by atoms with Crippen LogP contribution in [0.15, 0.2) is 12.1 Å². The molecular weight excluding hydrogens is 180 g/mol. The molecule has 74 valence electrons. The Morgan fingerprint density at radius 2 is 2.21 bits per heavy atom. The van der Waals surface area contributed by atoms with Crippen LogP contribution in [0.3, 0.4) is 0 Å². The molecule has 0 spiro atoms. The minimum Gasteiger partial charge on any atom is -0.496 e. The lowest BCUT2D eigenvalue weighted by Gasteiger charge is -2.10. The molecule has 0 amide bonds. The third-order valence-corrected chi connectivity index (χ3v) is 2.63. The van der Waals surface area contributed by atoms with Crippen LogP contribution in [0.1, 0.15) is 27.9 Å². The van der Waals surface area contributed by atoms with Crippen LogP contribution < -0.4 is 4.74 Å². The van der Waals surface area contributed by atoms with E-state index >= 15 is 0 Å². The SMILES string of the molecule is COc1ccc2c(c1CO)C(=O)CC2. The first kappa shape index (κ1) is 9.21. The van der Waals surface area contributed by atoms with Crippen LogP contribution in [0.5, 0.6) is 5.75 Å². The molecule has 0 fully saturated rings. The molecule has 0 atom stereocenters. The number of ketones is 1. The van der Waals surface area contributed by atoms with Gasteiger partial charge in [0.2, 0.25) is 0 Å². The van der Waals surface area contributed by atoms with Crippen LogP contribution in [0.2, 0.25) is 0 Å². The van der Waals surface area contributed by atoms with Crippen molar-refractivity contribution in [1.82, 2.24) is 0 Å². The zero-order valence-corrected chi connectivity index (χ0v) is 8.04. The van der Waals surface area contributed by atoms with Crippen molar-refractivity contribution in [2.75, 3.05) is 7.11 Å². The van der Waals surface area contributed by atoms with Gasteiger partial charge in [-0.25, -0.2) is 0 Å². The van der Waals surface area contributed by atoms with Crippen molar-refractivity contribution < 1.29 is 14.6 Å². The van der Waals surface area contributed by atoms with Gasteiger partial charge in [-0.2, -0.15) is 0 Å². The molecule has 1 aliphatic carbocycles. The smallest absolute Gasteiger partial charge is 0.163 e. The number of carbonyl (C=O) groups excluding carboxylic acids is 1. The van der Waals surface area contributed by atoms with E-state index in [4.69, 9.17) is 4.74 Å². The molecule has 0 aromatic heterocycles. The van der Waals surface area contributed by atoms with Crippen LogP contribution in [0.4, 0.5) is 0 Å². The number of Topliss-reactive ketones (excluding diaryl/α,β-unsaturated/α-hetero) is 1. The van der Waals surface area contributed by atoms with Crippen molar-refractivity contribution in [2.45, 2.75) is 19.4 Å². The Kier molecular flexibility index (Phi) is 2.25. The fraction of sp³-hybridized carbons (Fsp3) is 0.364. The molecule has 3 nitrogen and oxygen atoms in total. The Morgan fingerprint density at radius 3 is 2.86 bits per heavy atom. The van der Waals surface area contributed by atoms with Gasteiger partial charge in [0.25, 0.3) is 0 Å². The summed E-state index contributed by atoms with van der Waals surface area (Å²) < 4.78 is 5.10. The van der Waals surface area contributed by atoms with E-state index in [-0.39, 0.29) is 12.4 Å². The van der Waals surface area contributed by atoms with E-state index in [0.29, 0.717) is 23.3 Å². The minimum atomic E-state index is -0.141. The van der Waals surface area contributed by atoms with Crippen LogP contribution in [-0.4, -0.2) is 18.0 Å². The van der Waals surface area contributed by atoms with Crippen molar-refractivity contribution in [3.05, 3.63) is 28.8 Å². The fourth-order valence-electron chi connectivity index (χ4n) is 1.95. The molecule has 0 aliphatic heterocycles. The standard InChI is InChI=1S/C11H12O3/c1-14-10-5-3-7-2-4-9(13)11(7)8(10)6-12/h3,5,12H,2,4,6H2,1H3. The number of carbonyl (C=O) groups is 1. The summed E-state index contributed by atoms with van der Waals surface area (Å²) in [6, 6.07) is 3.71. The quantitative estimate of drug-likeness (QED) is 0.768. The molecule has 0 bridgehead atoms. The number of rotatable bonds is 2. The van der Waals surface area contributed by atoms with Crippen molar-refractivity contribution in [3.8, 4) is 5.75 Å². The van der Waals surface area contributed by atoms with E-state index in [1.165, 1.54) is 0 Å². The summed E-state index contributed by atoms with van der Waals surface area (Å²) in [5, 5.41) is 9.20. The van der Waals surface area contributed by atoms with Gasteiger partial charge in [0.15, 0.2) is 5.78 Å². The summed E-state index contributed by atoms with van der Waals surface area (Å²) in [5.41, 5.74) is 2.33. The third-order valence-electron chi connectivity index (χ3n) is 2.63. The van der Waals surface area contributed by atoms with Gasteiger partial charge >= 0.3 is 0 Å². The zero-order chi connectivity index (χ0) is 10.1.